The summed E-state index contributed by atoms with van der Waals surface area (Å²) in [5.74, 6) is 0.865. The first-order valence-electron chi connectivity index (χ1n) is 8.99. The van der Waals surface area contributed by atoms with Crippen LogP contribution in [0.4, 0.5) is 5.69 Å². The molecule has 0 aliphatic rings. The highest BCUT2D eigenvalue weighted by Gasteiger charge is 2.15. The van der Waals surface area contributed by atoms with Gasteiger partial charge in [-0.15, -0.1) is 0 Å². The third kappa shape index (κ3) is 3.60. The smallest absolute Gasteiger partial charge is 0.291 e. The lowest BCUT2D eigenvalue weighted by Gasteiger charge is -2.08. The fraction of sp³-hybridized carbons (Fsp3) is 0.182. The number of furan rings is 1. The van der Waals surface area contributed by atoms with E-state index < -0.39 is 0 Å². The third-order valence-electron chi connectivity index (χ3n) is 4.61. The van der Waals surface area contributed by atoms with Crippen molar-refractivity contribution in [1.82, 2.24) is 4.98 Å². The van der Waals surface area contributed by atoms with Crippen LogP contribution >= 0.6 is 15.9 Å². The van der Waals surface area contributed by atoms with Crippen molar-refractivity contribution in [1.29, 1.82) is 0 Å². The highest BCUT2D eigenvalue weighted by molar-refractivity contribution is 9.10. The maximum atomic E-state index is 12.4. The fourth-order valence-corrected chi connectivity index (χ4v) is 3.24. The molecular weight excluding hydrogens is 420 g/mol. The molecule has 0 unspecified atom stereocenters. The Morgan fingerprint density at radius 3 is 2.61 bits per heavy atom. The number of benzene rings is 2. The van der Waals surface area contributed by atoms with Crippen LogP contribution in [-0.4, -0.2) is 10.9 Å². The number of aromatic nitrogens is 1. The van der Waals surface area contributed by atoms with Gasteiger partial charge in [0.25, 0.3) is 5.91 Å². The molecule has 0 radical (unpaired) electrons. The number of nitrogens with zero attached hydrogens (tertiary/aromatic N) is 1. The van der Waals surface area contributed by atoms with Gasteiger partial charge in [0.05, 0.1) is 0 Å². The Labute approximate surface area is 170 Å². The Hall–Kier alpha value is -2.86. The quantitative estimate of drug-likeness (QED) is 0.392. The second-order valence-corrected chi connectivity index (χ2v) is 7.77. The van der Waals surface area contributed by atoms with Crippen LogP contribution in [0.5, 0.6) is 0 Å². The largest absolute Gasteiger partial charge is 0.444 e. The predicted octanol–water partition coefficient (Wildman–Crippen LogP) is 6.53. The second kappa shape index (κ2) is 7.28. The van der Waals surface area contributed by atoms with Crippen LogP contribution in [0.25, 0.3) is 22.6 Å². The maximum absolute atomic E-state index is 12.4. The maximum Gasteiger partial charge on any atom is 0.291 e. The first-order chi connectivity index (χ1) is 13.4. The number of amides is 1. The van der Waals surface area contributed by atoms with Gasteiger partial charge in [-0.1, -0.05) is 26.0 Å². The first-order valence-corrected chi connectivity index (χ1v) is 9.78. The number of nitrogens with one attached hydrogen (secondary N) is 1. The summed E-state index contributed by atoms with van der Waals surface area (Å²) < 4.78 is 11.8. The number of carbonyl (C=O) groups is 1. The van der Waals surface area contributed by atoms with E-state index in [0.717, 1.165) is 22.2 Å². The lowest BCUT2D eigenvalue weighted by molar-refractivity contribution is 0.0995. The van der Waals surface area contributed by atoms with Crippen LogP contribution in [0.15, 0.2) is 62.0 Å². The van der Waals surface area contributed by atoms with Gasteiger partial charge in [0.2, 0.25) is 5.89 Å². The molecule has 0 aliphatic heterocycles. The molecule has 4 rings (SSSR count). The molecule has 0 aliphatic carbocycles. The summed E-state index contributed by atoms with van der Waals surface area (Å²) in [6.45, 7) is 6.22. The van der Waals surface area contributed by atoms with E-state index in [-0.39, 0.29) is 11.7 Å². The molecule has 0 bridgehead atoms. The summed E-state index contributed by atoms with van der Waals surface area (Å²) in [4.78, 5) is 17.0. The number of hydrogen-bond donors (Lipinski definition) is 1. The van der Waals surface area contributed by atoms with Crippen molar-refractivity contribution in [3.8, 4) is 11.5 Å². The van der Waals surface area contributed by atoms with Gasteiger partial charge >= 0.3 is 0 Å². The van der Waals surface area contributed by atoms with E-state index >= 15 is 0 Å². The van der Waals surface area contributed by atoms with Crippen molar-refractivity contribution >= 4 is 38.6 Å². The van der Waals surface area contributed by atoms with Gasteiger partial charge in [0, 0.05) is 11.3 Å². The molecule has 2 heterocycles. The van der Waals surface area contributed by atoms with E-state index in [2.05, 4.69) is 52.2 Å². The topological polar surface area (TPSA) is 68.3 Å². The summed E-state index contributed by atoms with van der Waals surface area (Å²) in [5.41, 5.74) is 5.19. The zero-order valence-corrected chi connectivity index (χ0v) is 17.3. The highest BCUT2D eigenvalue weighted by atomic mass is 79.9. The van der Waals surface area contributed by atoms with Gasteiger partial charge in [-0.2, -0.15) is 0 Å². The molecule has 4 aromatic rings. The van der Waals surface area contributed by atoms with E-state index in [1.165, 1.54) is 5.56 Å². The molecule has 5 nitrogen and oxygen atoms in total. The molecule has 0 spiro atoms. The summed E-state index contributed by atoms with van der Waals surface area (Å²) in [6.07, 6.45) is 0. The number of anilines is 1. The Bertz CT molecular complexity index is 1170. The predicted molar refractivity (Wildman–Crippen MR) is 113 cm³/mol. The lowest BCUT2D eigenvalue weighted by Crippen LogP contribution is -2.11. The minimum Gasteiger partial charge on any atom is -0.444 e. The number of oxazole rings is 1. The van der Waals surface area contributed by atoms with E-state index in [1.807, 2.05) is 31.2 Å². The Morgan fingerprint density at radius 1 is 1.07 bits per heavy atom. The van der Waals surface area contributed by atoms with Crippen molar-refractivity contribution in [2.45, 2.75) is 26.7 Å². The minimum atomic E-state index is -0.315. The molecule has 0 atom stereocenters. The Kier molecular flexibility index (Phi) is 4.81. The van der Waals surface area contributed by atoms with Gasteiger partial charge in [-0.25, -0.2) is 4.98 Å². The van der Waals surface area contributed by atoms with E-state index in [1.54, 1.807) is 12.1 Å². The van der Waals surface area contributed by atoms with Crippen LogP contribution in [0.1, 0.15) is 41.4 Å². The minimum absolute atomic E-state index is 0.236. The molecule has 6 heteroatoms. The lowest BCUT2D eigenvalue weighted by atomic mass is 10.0. The zero-order valence-electron chi connectivity index (χ0n) is 15.7. The molecule has 142 valence electrons. The molecular formula is C22H19BrN2O3. The third-order valence-corrected chi connectivity index (χ3v) is 5.03. The van der Waals surface area contributed by atoms with Gasteiger partial charge in [0.15, 0.2) is 16.0 Å². The molecule has 0 saturated heterocycles. The first kappa shape index (κ1) is 18.5. The van der Waals surface area contributed by atoms with E-state index in [9.17, 15) is 4.79 Å². The fourth-order valence-electron chi connectivity index (χ4n) is 2.94. The average Bonchev–Trinajstić information content (AvgIpc) is 3.28. The number of halogens is 1. The van der Waals surface area contributed by atoms with E-state index in [4.69, 9.17) is 8.83 Å². The van der Waals surface area contributed by atoms with Crippen molar-refractivity contribution < 1.29 is 13.6 Å². The molecule has 2 aromatic carbocycles. The van der Waals surface area contributed by atoms with Crippen molar-refractivity contribution in [3.63, 3.8) is 0 Å². The van der Waals surface area contributed by atoms with Crippen LogP contribution in [-0.2, 0) is 0 Å². The molecule has 28 heavy (non-hydrogen) atoms. The van der Waals surface area contributed by atoms with Crippen LogP contribution in [0, 0.1) is 6.92 Å². The van der Waals surface area contributed by atoms with Gasteiger partial charge in [-0.05, 0) is 76.3 Å². The molecule has 2 aromatic heterocycles. The number of aryl methyl sites for hydroxylation is 1. The molecule has 1 N–H and O–H groups in total. The van der Waals surface area contributed by atoms with Gasteiger partial charge < -0.3 is 14.2 Å². The van der Waals surface area contributed by atoms with E-state index in [0.29, 0.717) is 22.2 Å². The van der Waals surface area contributed by atoms with Gasteiger partial charge in [-0.3, -0.25) is 4.79 Å². The van der Waals surface area contributed by atoms with Crippen LogP contribution < -0.4 is 5.32 Å². The zero-order chi connectivity index (χ0) is 19.8. The van der Waals surface area contributed by atoms with Crippen LogP contribution in [0.3, 0.4) is 0 Å². The van der Waals surface area contributed by atoms with Crippen molar-refractivity contribution in [3.05, 3.63) is 70.1 Å². The Balaban J connectivity index is 1.66. The van der Waals surface area contributed by atoms with Crippen molar-refractivity contribution in [2.24, 2.45) is 0 Å². The molecule has 1 amide bonds. The highest BCUT2D eigenvalue weighted by Crippen LogP contribution is 2.30. The second-order valence-electron chi connectivity index (χ2n) is 6.99. The summed E-state index contributed by atoms with van der Waals surface area (Å²) >= 11 is 3.21. The average molecular weight is 439 g/mol. The summed E-state index contributed by atoms with van der Waals surface area (Å²) in [5, 5.41) is 2.88. The SMILES string of the molecule is Cc1ccc(-c2nc3cc(C(C)C)ccc3o2)cc1NC(=O)c1ccc(Br)o1. The normalized spacial score (nSPS) is 11.3. The number of carbonyl (C=O) groups excluding carboxylic acids is 1. The molecule has 0 fully saturated rings. The number of fused-ring (bicyclic) bond motifs is 1. The summed E-state index contributed by atoms with van der Waals surface area (Å²) in [6, 6.07) is 15.1. The monoisotopic (exact) mass is 438 g/mol. The van der Waals surface area contributed by atoms with Gasteiger partial charge in [0.1, 0.15) is 5.52 Å². The number of hydrogen-bond acceptors (Lipinski definition) is 4. The standard InChI is InChI=1S/C22H19BrN2O3/c1-12(2)14-6-7-18-17(10-14)25-22(28-18)15-5-4-13(3)16(11-15)24-21(26)19-8-9-20(23)27-19/h4-12H,1-3H3,(H,24,26). The van der Waals surface area contributed by atoms with Crippen molar-refractivity contribution in [2.75, 3.05) is 5.32 Å². The van der Waals surface area contributed by atoms with Crippen LogP contribution in [0.2, 0.25) is 0 Å². The molecule has 0 saturated carbocycles. The summed E-state index contributed by atoms with van der Waals surface area (Å²) in [7, 11) is 0. The Morgan fingerprint density at radius 2 is 1.89 bits per heavy atom. The number of rotatable bonds is 4.